The molecule has 0 unspecified atom stereocenters. The van der Waals surface area contributed by atoms with E-state index in [0.717, 1.165) is 46.1 Å². The van der Waals surface area contributed by atoms with Crippen LogP contribution in [-0.2, 0) is 6.54 Å². The first-order chi connectivity index (χ1) is 13.3. The van der Waals surface area contributed by atoms with Crippen LogP contribution in [0.25, 0.3) is 22.0 Å². The minimum absolute atomic E-state index is 0.00585. The van der Waals surface area contributed by atoms with Crippen LogP contribution in [0.1, 0.15) is 28.9 Å². The molecule has 1 aromatic carbocycles. The minimum Gasteiger partial charge on any atom is -0.349 e. The normalized spacial score (nSPS) is 13.8. The Morgan fingerprint density at radius 2 is 2.07 bits per heavy atom. The lowest BCUT2D eigenvalue weighted by atomic mass is 10.1. The highest BCUT2D eigenvalue weighted by Crippen LogP contribution is 2.24. The number of nitrogens with zero attached hydrogens (tertiary/aromatic N) is 3. The van der Waals surface area contributed by atoms with Gasteiger partial charge in [-0.15, -0.1) is 0 Å². The SMILES string of the molecule is O=C(NC1CC1)c1cccc2ccn(Cc3ccc(-c4cn[nH]c4)cn3)c12. The van der Waals surface area contributed by atoms with E-state index in [0.29, 0.717) is 12.6 Å². The van der Waals surface area contributed by atoms with Crippen LogP contribution in [0.3, 0.4) is 0 Å². The number of aromatic nitrogens is 4. The number of nitrogens with one attached hydrogen (secondary N) is 2. The number of rotatable bonds is 5. The minimum atomic E-state index is 0.00585. The molecule has 0 bridgehead atoms. The van der Waals surface area contributed by atoms with E-state index < -0.39 is 0 Å². The number of carbonyl (C=O) groups excluding carboxylic acids is 1. The van der Waals surface area contributed by atoms with Gasteiger partial charge in [-0.1, -0.05) is 18.2 Å². The maximum absolute atomic E-state index is 12.6. The van der Waals surface area contributed by atoms with Crippen LogP contribution in [0.5, 0.6) is 0 Å². The third-order valence-electron chi connectivity index (χ3n) is 4.93. The summed E-state index contributed by atoms with van der Waals surface area (Å²) in [6.07, 6.45) is 9.66. The fraction of sp³-hybridized carbons (Fsp3) is 0.190. The fourth-order valence-corrected chi connectivity index (χ4v) is 3.34. The molecule has 1 aliphatic carbocycles. The van der Waals surface area contributed by atoms with Gasteiger partial charge in [-0.3, -0.25) is 14.9 Å². The molecule has 5 rings (SSSR count). The first-order valence-electron chi connectivity index (χ1n) is 9.11. The maximum Gasteiger partial charge on any atom is 0.253 e. The third-order valence-corrected chi connectivity index (χ3v) is 4.93. The highest BCUT2D eigenvalue weighted by molar-refractivity contribution is 6.06. The monoisotopic (exact) mass is 357 g/mol. The van der Waals surface area contributed by atoms with E-state index in [1.807, 2.05) is 55.0 Å². The van der Waals surface area contributed by atoms with Crippen molar-refractivity contribution in [3.05, 3.63) is 72.4 Å². The molecule has 0 spiro atoms. The van der Waals surface area contributed by atoms with E-state index in [-0.39, 0.29) is 5.91 Å². The number of H-pyrrole nitrogens is 1. The van der Waals surface area contributed by atoms with Crippen molar-refractivity contribution in [1.29, 1.82) is 0 Å². The van der Waals surface area contributed by atoms with Gasteiger partial charge in [-0.2, -0.15) is 5.10 Å². The molecule has 0 saturated heterocycles. The maximum atomic E-state index is 12.6. The van der Waals surface area contributed by atoms with Gasteiger partial charge in [0.2, 0.25) is 0 Å². The van der Waals surface area contributed by atoms with Crippen molar-refractivity contribution in [3.8, 4) is 11.1 Å². The highest BCUT2D eigenvalue weighted by Gasteiger charge is 2.25. The van der Waals surface area contributed by atoms with Gasteiger partial charge >= 0.3 is 0 Å². The molecular formula is C21H19N5O. The summed E-state index contributed by atoms with van der Waals surface area (Å²) in [5, 5.41) is 10.9. The summed E-state index contributed by atoms with van der Waals surface area (Å²) in [6.45, 7) is 0.614. The van der Waals surface area contributed by atoms with Gasteiger partial charge in [0.05, 0.1) is 29.5 Å². The van der Waals surface area contributed by atoms with Crippen LogP contribution in [0.15, 0.2) is 61.2 Å². The zero-order chi connectivity index (χ0) is 18.2. The Bertz CT molecular complexity index is 1090. The van der Waals surface area contributed by atoms with Crippen molar-refractivity contribution in [2.24, 2.45) is 0 Å². The summed E-state index contributed by atoms with van der Waals surface area (Å²) < 4.78 is 2.09. The summed E-state index contributed by atoms with van der Waals surface area (Å²) >= 11 is 0. The van der Waals surface area contributed by atoms with E-state index in [4.69, 9.17) is 0 Å². The quantitative estimate of drug-likeness (QED) is 0.575. The Morgan fingerprint density at radius 3 is 2.81 bits per heavy atom. The van der Waals surface area contributed by atoms with E-state index >= 15 is 0 Å². The molecule has 0 aliphatic heterocycles. The number of hydrogen-bond acceptors (Lipinski definition) is 3. The van der Waals surface area contributed by atoms with Crippen LogP contribution in [0.2, 0.25) is 0 Å². The summed E-state index contributed by atoms with van der Waals surface area (Å²) in [4.78, 5) is 17.2. The van der Waals surface area contributed by atoms with E-state index in [1.54, 1.807) is 6.20 Å². The molecule has 3 heterocycles. The van der Waals surface area contributed by atoms with Gasteiger partial charge in [0.1, 0.15) is 0 Å². The number of pyridine rings is 1. The van der Waals surface area contributed by atoms with Gasteiger partial charge in [-0.05, 0) is 31.0 Å². The smallest absolute Gasteiger partial charge is 0.253 e. The van der Waals surface area contributed by atoms with Gasteiger partial charge < -0.3 is 9.88 Å². The van der Waals surface area contributed by atoms with Gasteiger partial charge in [0.15, 0.2) is 0 Å². The van der Waals surface area contributed by atoms with Crippen LogP contribution in [0.4, 0.5) is 0 Å². The summed E-state index contributed by atoms with van der Waals surface area (Å²) in [7, 11) is 0. The molecule has 3 aromatic heterocycles. The van der Waals surface area contributed by atoms with Gasteiger partial charge in [-0.25, -0.2) is 0 Å². The standard InChI is InChI=1S/C21H19N5O/c27-21(25-17-6-7-17)19-3-1-2-14-8-9-26(20(14)19)13-18-5-4-15(10-22-18)16-11-23-24-12-16/h1-5,8-12,17H,6-7,13H2,(H,23,24)(H,25,27). The van der Waals surface area contributed by atoms with Crippen molar-refractivity contribution < 1.29 is 4.79 Å². The number of fused-ring (bicyclic) bond motifs is 1. The van der Waals surface area contributed by atoms with Crippen LogP contribution >= 0.6 is 0 Å². The second-order valence-corrected chi connectivity index (χ2v) is 6.96. The molecule has 0 atom stereocenters. The molecular weight excluding hydrogens is 338 g/mol. The molecule has 134 valence electrons. The Kier molecular flexibility index (Phi) is 3.74. The molecule has 27 heavy (non-hydrogen) atoms. The lowest BCUT2D eigenvalue weighted by molar-refractivity contribution is 0.0952. The van der Waals surface area contributed by atoms with E-state index in [2.05, 4.69) is 25.1 Å². The van der Waals surface area contributed by atoms with Crippen molar-refractivity contribution >= 4 is 16.8 Å². The number of para-hydroxylation sites is 1. The molecule has 2 N–H and O–H groups in total. The van der Waals surface area contributed by atoms with E-state index in [1.165, 1.54) is 0 Å². The van der Waals surface area contributed by atoms with Crippen molar-refractivity contribution in [3.63, 3.8) is 0 Å². The summed E-state index contributed by atoms with van der Waals surface area (Å²) in [5.41, 5.74) is 4.65. The van der Waals surface area contributed by atoms with Crippen LogP contribution in [0, 0.1) is 0 Å². The zero-order valence-electron chi connectivity index (χ0n) is 14.7. The van der Waals surface area contributed by atoms with Crippen molar-refractivity contribution in [2.45, 2.75) is 25.4 Å². The number of amides is 1. The Hall–Kier alpha value is -3.41. The molecule has 1 amide bonds. The van der Waals surface area contributed by atoms with Crippen LogP contribution < -0.4 is 5.32 Å². The lowest BCUT2D eigenvalue weighted by Crippen LogP contribution is -2.26. The van der Waals surface area contributed by atoms with Crippen LogP contribution in [-0.4, -0.2) is 31.7 Å². The zero-order valence-corrected chi connectivity index (χ0v) is 14.7. The Balaban J connectivity index is 1.45. The molecule has 0 radical (unpaired) electrons. The molecule has 4 aromatic rings. The van der Waals surface area contributed by atoms with Crippen molar-refractivity contribution in [2.75, 3.05) is 0 Å². The molecule has 6 nitrogen and oxygen atoms in total. The first kappa shape index (κ1) is 15.8. The van der Waals surface area contributed by atoms with Crippen molar-refractivity contribution in [1.82, 2.24) is 25.1 Å². The van der Waals surface area contributed by atoms with E-state index in [9.17, 15) is 4.79 Å². The largest absolute Gasteiger partial charge is 0.349 e. The molecule has 1 fully saturated rings. The molecule has 1 aliphatic rings. The fourth-order valence-electron chi connectivity index (χ4n) is 3.34. The average molecular weight is 357 g/mol. The second-order valence-electron chi connectivity index (χ2n) is 6.96. The average Bonchev–Trinajstić information content (AvgIpc) is 3.18. The molecule has 6 heteroatoms. The molecule has 1 saturated carbocycles. The number of carbonyl (C=O) groups is 1. The predicted octanol–water partition coefficient (Wildman–Crippen LogP) is 3.37. The van der Waals surface area contributed by atoms with Gasteiger partial charge in [0, 0.05) is 41.1 Å². The summed E-state index contributed by atoms with van der Waals surface area (Å²) in [5.74, 6) is 0.00585. The first-order valence-corrected chi connectivity index (χ1v) is 9.11. The Labute approximate surface area is 156 Å². The highest BCUT2D eigenvalue weighted by atomic mass is 16.1. The number of benzene rings is 1. The third kappa shape index (κ3) is 3.10. The van der Waals surface area contributed by atoms with Gasteiger partial charge in [0.25, 0.3) is 5.91 Å². The summed E-state index contributed by atoms with van der Waals surface area (Å²) in [6, 6.07) is 12.3. The lowest BCUT2D eigenvalue weighted by Gasteiger charge is -2.10. The predicted molar refractivity (Wildman–Crippen MR) is 103 cm³/mol. The number of hydrogen-bond donors (Lipinski definition) is 2. The number of aromatic amines is 1. The Morgan fingerprint density at radius 1 is 1.15 bits per heavy atom. The second kappa shape index (κ2) is 6.39. The topological polar surface area (TPSA) is 75.6 Å².